The normalized spacial score (nSPS) is 11.6. The van der Waals surface area contributed by atoms with Crippen LogP contribution in [0, 0.1) is 0 Å². The van der Waals surface area contributed by atoms with Crippen molar-refractivity contribution in [2.75, 3.05) is 6.54 Å². The topological polar surface area (TPSA) is 57.6 Å². The van der Waals surface area contributed by atoms with E-state index < -0.39 is 11.5 Å². The second-order valence-electron chi connectivity index (χ2n) is 5.70. The molecule has 0 spiro atoms. The predicted molar refractivity (Wildman–Crippen MR) is 85.3 cm³/mol. The van der Waals surface area contributed by atoms with Gasteiger partial charge in [0.15, 0.2) is 0 Å². The van der Waals surface area contributed by atoms with Crippen molar-refractivity contribution in [2.45, 2.75) is 26.3 Å². The van der Waals surface area contributed by atoms with Gasteiger partial charge in [-0.1, -0.05) is 29.8 Å². The van der Waals surface area contributed by atoms with Crippen molar-refractivity contribution in [3.63, 3.8) is 0 Å². The molecule has 0 aliphatic carbocycles. The Morgan fingerprint density at radius 1 is 1.29 bits per heavy atom. The van der Waals surface area contributed by atoms with Gasteiger partial charge in [0.2, 0.25) is 0 Å². The summed E-state index contributed by atoms with van der Waals surface area (Å²) >= 11 is 7.59. The number of carbonyl (C=O) groups excluding carboxylic acids is 1. The molecule has 0 unspecified atom stereocenters. The molecule has 0 bridgehead atoms. The van der Waals surface area contributed by atoms with Crippen LogP contribution in [0.4, 0.5) is 0 Å². The molecule has 4 nitrogen and oxygen atoms in total. The number of aliphatic carboxylic acids is 1. The fraction of sp³-hybridized carbons (Fsp3) is 0.333. The zero-order valence-electron chi connectivity index (χ0n) is 12.0. The average Bonchev–Trinajstić information content (AvgIpc) is 2.72. The first-order chi connectivity index (χ1) is 9.71. The minimum atomic E-state index is -1.05. The second-order valence-corrected chi connectivity index (χ2v) is 7.13. The molecule has 1 N–H and O–H groups in total. The number of hydrogen-bond acceptors (Lipinski definition) is 3. The second kappa shape index (κ2) is 5.66. The molecule has 2 aromatic rings. The number of hydrogen-bond donors (Lipinski definition) is 1. The van der Waals surface area contributed by atoms with Crippen LogP contribution >= 0.6 is 22.9 Å². The van der Waals surface area contributed by atoms with Gasteiger partial charge in [0.25, 0.3) is 5.91 Å². The smallest absolute Gasteiger partial charge is 0.323 e. The van der Waals surface area contributed by atoms with Gasteiger partial charge in [0.05, 0.1) is 5.02 Å². The Kier molecular flexibility index (Phi) is 4.25. The van der Waals surface area contributed by atoms with E-state index in [1.807, 2.05) is 24.3 Å². The van der Waals surface area contributed by atoms with E-state index in [1.165, 1.54) is 16.2 Å². The molecular formula is C15H16ClNO3S. The van der Waals surface area contributed by atoms with Crippen LogP contribution in [0.5, 0.6) is 0 Å². The molecule has 0 aliphatic rings. The Morgan fingerprint density at radius 2 is 1.90 bits per heavy atom. The van der Waals surface area contributed by atoms with Crippen LogP contribution in [0.25, 0.3) is 10.1 Å². The summed E-state index contributed by atoms with van der Waals surface area (Å²) in [7, 11) is 0. The summed E-state index contributed by atoms with van der Waals surface area (Å²) in [6.45, 7) is 5.05. The van der Waals surface area contributed by atoms with E-state index in [4.69, 9.17) is 16.7 Å². The summed E-state index contributed by atoms with van der Waals surface area (Å²) in [5.41, 5.74) is -0.602. The lowest BCUT2D eigenvalue weighted by molar-refractivity contribution is -0.138. The van der Waals surface area contributed by atoms with E-state index in [2.05, 4.69) is 0 Å². The summed E-state index contributed by atoms with van der Waals surface area (Å²) in [5, 5.41) is 10.2. The number of thiophene rings is 1. The molecule has 6 heteroatoms. The number of benzene rings is 1. The number of carboxylic acids is 1. The van der Waals surface area contributed by atoms with E-state index in [-0.39, 0.29) is 12.5 Å². The standard InChI is InChI=1S/C15H16ClNO3S/c1-15(2,3)17(8-11(18)19)14(20)13-12(16)9-6-4-5-7-10(9)21-13/h4-7H,8H2,1-3H3,(H,18,19). The van der Waals surface area contributed by atoms with Gasteiger partial charge >= 0.3 is 5.97 Å². The number of carboxylic acid groups (broad SMARTS) is 1. The van der Waals surface area contributed by atoms with Gasteiger partial charge in [-0.25, -0.2) is 0 Å². The number of carbonyl (C=O) groups is 2. The fourth-order valence-corrected chi connectivity index (χ4v) is 3.48. The van der Waals surface area contributed by atoms with Crippen molar-refractivity contribution in [3.8, 4) is 0 Å². The average molecular weight is 326 g/mol. The van der Waals surface area contributed by atoms with E-state index in [0.717, 1.165) is 10.1 Å². The largest absolute Gasteiger partial charge is 0.480 e. The molecule has 1 amide bonds. The van der Waals surface area contributed by atoms with Crippen molar-refractivity contribution < 1.29 is 14.7 Å². The van der Waals surface area contributed by atoms with Gasteiger partial charge < -0.3 is 10.0 Å². The molecule has 0 saturated heterocycles. The summed E-state index contributed by atoms with van der Waals surface area (Å²) in [4.78, 5) is 25.4. The number of fused-ring (bicyclic) bond motifs is 1. The SMILES string of the molecule is CC(C)(C)N(CC(=O)O)C(=O)c1sc2ccccc2c1Cl. The molecule has 2 rings (SSSR count). The van der Waals surface area contributed by atoms with Gasteiger partial charge in [-0.3, -0.25) is 9.59 Å². The molecule has 0 saturated carbocycles. The monoisotopic (exact) mass is 325 g/mol. The summed E-state index contributed by atoms with van der Waals surface area (Å²) in [5.74, 6) is -1.40. The van der Waals surface area contributed by atoms with Crippen LogP contribution in [-0.2, 0) is 4.79 Å². The van der Waals surface area contributed by atoms with Crippen molar-refractivity contribution in [3.05, 3.63) is 34.2 Å². The Bertz CT molecular complexity index is 702. The van der Waals surface area contributed by atoms with Crippen molar-refractivity contribution in [1.29, 1.82) is 0 Å². The van der Waals surface area contributed by atoms with E-state index >= 15 is 0 Å². The molecular weight excluding hydrogens is 310 g/mol. The molecule has 0 fully saturated rings. The quantitative estimate of drug-likeness (QED) is 0.931. The molecule has 1 aromatic carbocycles. The zero-order valence-corrected chi connectivity index (χ0v) is 13.6. The van der Waals surface area contributed by atoms with Gasteiger partial charge in [-0.2, -0.15) is 0 Å². The first-order valence-corrected chi connectivity index (χ1v) is 7.62. The van der Waals surface area contributed by atoms with E-state index in [9.17, 15) is 9.59 Å². The summed E-state index contributed by atoms with van der Waals surface area (Å²) in [6, 6.07) is 7.47. The first-order valence-electron chi connectivity index (χ1n) is 6.42. The molecule has 112 valence electrons. The zero-order chi connectivity index (χ0) is 15.8. The molecule has 0 atom stereocenters. The summed E-state index contributed by atoms with van der Waals surface area (Å²) in [6.07, 6.45) is 0. The lowest BCUT2D eigenvalue weighted by atomic mass is 10.1. The Balaban J connectivity index is 2.48. The third kappa shape index (κ3) is 3.19. The highest BCUT2D eigenvalue weighted by molar-refractivity contribution is 7.21. The lowest BCUT2D eigenvalue weighted by Gasteiger charge is -2.34. The van der Waals surface area contributed by atoms with Crippen molar-refractivity contribution in [1.82, 2.24) is 4.90 Å². The fourth-order valence-electron chi connectivity index (χ4n) is 2.02. The minimum Gasteiger partial charge on any atom is -0.480 e. The molecule has 21 heavy (non-hydrogen) atoms. The number of halogens is 1. The van der Waals surface area contributed by atoms with E-state index in [0.29, 0.717) is 9.90 Å². The van der Waals surface area contributed by atoms with Crippen LogP contribution in [0.2, 0.25) is 5.02 Å². The van der Waals surface area contributed by atoms with Gasteiger partial charge in [0, 0.05) is 15.6 Å². The third-order valence-corrected chi connectivity index (χ3v) is 4.74. The Hall–Kier alpha value is -1.59. The summed E-state index contributed by atoms with van der Waals surface area (Å²) < 4.78 is 0.912. The number of amides is 1. The molecule has 1 aromatic heterocycles. The minimum absolute atomic E-state index is 0.351. The van der Waals surface area contributed by atoms with Crippen LogP contribution in [0.1, 0.15) is 30.4 Å². The maximum absolute atomic E-state index is 12.7. The first kappa shape index (κ1) is 15.8. The maximum Gasteiger partial charge on any atom is 0.323 e. The number of rotatable bonds is 3. The lowest BCUT2D eigenvalue weighted by Crippen LogP contribution is -2.48. The van der Waals surface area contributed by atoms with Crippen molar-refractivity contribution in [2.24, 2.45) is 0 Å². The number of nitrogens with zero attached hydrogens (tertiary/aromatic N) is 1. The maximum atomic E-state index is 12.7. The van der Waals surface area contributed by atoms with Crippen LogP contribution in [0.15, 0.2) is 24.3 Å². The Morgan fingerprint density at radius 3 is 2.43 bits per heavy atom. The van der Waals surface area contributed by atoms with Crippen molar-refractivity contribution >= 4 is 44.9 Å². The highest BCUT2D eigenvalue weighted by Gasteiger charge is 2.31. The predicted octanol–water partition coefficient (Wildman–Crippen LogP) is 3.88. The van der Waals surface area contributed by atoms with Crippen LogP contribution in [-0.4, -0.2) is 34.0 Å². The van der Waals surface area contributed by atoms with Gasteiger partial charge in [-0.05, 0) is 26.8 Å². The highest BCUT2D eigenvalue weighted by atomic mass is 35.5. The van der Waals surface area contributed by atoms with E-state index in [1.54, 1.807) is 20.8 Å². The van der Waals surface area contributed by atoms with Gasteiger partial charge in [-0.15, -0.1) is 11.3 Å². The molecule has 0 radical (unpaired) electrons. The van der Waals surface area contributed by atoms with Crippen LogP contribution in [0.3, 0.4) is 0 Å². The highest BCUT2D eigenvalue weighted by Crippen LogP contribution is 2.36. The van der Waals surface area contributed by atoms with Crippen LogP contribution < -0.4 is 0 Å². The Labute approximate surface area is 131 Å². The van der Waals surface area contributed by atoms with Gasteiger partial charge in [0.1, 0.15) is 11.4 Å². The third-order valence-electron chi connectivity index (χ3n) is 3.08. The molecule has 1 heterocycles. The molecule has 0 aliphatic heterocycles.